The molecule has 1 rings (SSSR count). The predicted octanol–water partition coefficient (Wildman–Crippen LogP) is 4.55. The van der Waals surface area contributed by atoms with E-state index in [4.69, 9.17) is 0 Å². The number of amides is 1. The third-order valence-electron chi connectivity index (χ3n) is 3.61. The van der Waals surface area contributed by atoms with Crippen molar-refractivity contribution >= 4 is 23.4 Å². The molecule has 0 heterocycles. The first-order chi connectivity index (χ1) is 10.9. The topological polar surface area (TPSA) is 72.2 Å². The Hall–Kier alpha value is -1.56. The molecule has 0 radical (unpaired) electrons. The van der Waals surface area contributed by atoms with E-state index < -0.39 is 4.92 Å². The lowest BCUT2D eigenvalue weighted by molar-refractivity contribution is -0.384. The molecule has 1 amide bonds. The van der Waals surface area contributed by atoms with Gasteiger partial charge < -0.3 is 5.32 Å². The number of nitro benzene ring substituents is 1. The first kappa shape index (κ1) is 19.5. The monoisotopic (exact) mass is 338 g/mol. The van der Waals surface area contributed by atoms with Crippen molar-refractivity contribution in [2.24, 2.45) is 0 Å². The third-order valence-corrected chi connectivity index (χ3v) is 4.72. The standard InChI is InChI=1S/C17H26N2O3S/c1-4-5-6-7-8-13(2)18-17(20)14(3)23-16-11-9-15(10-12-16)19(21)22/h9-14H,4-8H2,1-3H3,(H,18,20). The van der Waals surface area contributed by atoms with E-state index in [1.54, 1.807) is 12.1 Å². The molecule has 0 saturated heterocycles. The lowest BCUT2D eigenvalue weighted by atomic mass is 10.1. The van der Waals surface area contributed by atoms with Crippen LogP contribution in [0, 0.1) is 10.1 Å². The van der Waals surface area contributed by atoms with Crippen molar-refractivity contribution in [2.45, 2.75) is 69.1 Å². The van der Waals surface area contributed by atoms with Gasteiger partial charge in [-0.05, 0) is 32.4 Å². The predicted molar refractivity (Wildman–Crippen MR) is 94.8 cm³/mol. The Bertz CT molecular complexity index is 505. The normalized spacial score (nSPS) is 13.3. The number of rotatable bonds is 10. The minimum atomic E-state index is -0.426. The SMILES string of the molecule is CCCCCCC(C)NC(=O)C(C)Sc1ccc([N+](=O)[O-])cc1. The highest BCUT2D eigenvalue weighted by Crippen LogP contribution is 2.25. The van der Waals surface area contributed by atoms with E-state index in [1.807, 2.05) is 13.8 Å². The summed E-state index contributed by atoms with van der Waals surface area (Å²) in [6, 6.07) is 6.47. The number of nitrogens with one attached hydrogen (secondary N) is 1. The van der Waals surface area contributed by atoms with Crippen LogP contribution in [-0.2, 0) is 4.79 Å². The minimum absolute atomic E-state index is 0.0105. The molecule has 0 saturated carbocycles. The molecular weight excluding hydrogens is 312 g/mol. The number of nitro groups is 1. The van der Waals surface area contributed by atoms with Gasteiger partial charge in [0.05, 0.1) is 10.2 Å². The maximum Gasteiger partial charge on any atom is 0.269 e. The maximum atomic E-state index is 12.2. The fraction of sp³-hybridized carbons (Fsp3) is 0.588. The van der Waals surface area contributed by atoms with Crippen LogP contribution in [0.15, 0.2) is 29.2 Å². The molecule has 2 unspecified atom stereocenters. The summed E-state index contributed by atoms with van der Waals surface area (Å²) in [6.45, 7) is 6.07. The number of carbonyl (C=O) groups is 1. The number of hydrogen-bond donors (Lipinski definition) is 1. The van der Waals surface area contributed by atoms with Crippen LogP contribution in [0.3, 0.4) is 0 Å². The zero-order chi connectivity index (χ0) is 17.2. The van der Waals surface area contributed by atoms with E-state index in [2.05, 4.69) is 12.2 Å². The van der Waals surface area contributed by atoms with Crippen LogP contribution < -0.4 is 5.32 Å². The van der Waals surface area contributed by atoms with Crippen LogP contribution in [0.5, 0.6) is 0 Å². The van der Waals surface area contributed by atoms with Crippen LogP contribution in [0.1, 0.15) is 52.9 Å². The second kappa shape index (κ2) is 10.3. The fourth-order valence-corrected chi connectivity index (χ4v) is 3.09. The fourth-order valence-electron chi connectivity index (χ4n) is 2.21. The summed E-state index contributed by atoms with van der Waals surface area (Å²) < 4.78 is 0. The molecule has 5 nitrogen and oxygen atoms in total. The van der Waals surface area contributed by atoms with Crippen molar-refractivity contribution < 1.29 is 9.72 Å². The van der Waals surface area contributed by atoms with Gasteiger partial charge in [0.25, 0.3) is 5.69 Å². The highest BCUT2D eigenvalue weighted by molar-refractivity contribution is 8.00. The second-order valence-corrected chi connectivity index (χ2v) is 7.18. The number of unbranched alkanes of at least 4 members (excludes halogenated alkanes) is 3. The Morgan fingerprint density at radius 1 is 1.22 bits per heavy atom. The van der Waals surface area contributed by atoms with Crippen molar-refractivity contribution in [3.63, 3.8) is 0 Å². The molecule has 1 N–H and O–H groups in total. The molecule has 1 aromatic rings. The van der Waals surface area contributed by atoms with Gasteiger partial charge in [0, 0.05) is 23.1 Å². The first-order valence-corrected chi connectivity index (χ1v) is 9.03. The number of benzene rings is 1. The summed E-state index contributed by atoms with van der Waals surface area (Å²) in [5.41, 5.74) is 0.0622. The van der Waals surface area contributed by atoms with Gasteiger partial charge in [0.1, 0.15) is 0 Å². The van der Waals surface area contributed by atoms with Gasteiger partial charge in [0.2, 0.25) is 5.91 Å². The lowest BCUT2D eigenvalue weighted by Crippen LogP contribution is -2.37. The molecule has 23 heavy (non-hydrogen) atoms. The van der Waals surface area contributed by atoms with Crippen molar-refractivity contribution in [2.75, 3.05) is 0 Å². The summed E-state index contributed by atoms with van der Waals surface area (Å²) in [7, 11) is 0. The van der Waals surface area contributed by atoms with E-state index in [1.165, 1.54) is 43.2 Å². The highest BCUT2D eigenvalue weighted by Gasteiger charge is 2.17. The van der Waals surface area contributed by atoms with Gasteiger partial charge in [-0.2, -0.15) is 0 Å². The van der Waals surface area contributed by atoms with Crippen LogP contribution in [0.4, 0.5) is 5.69 Å². The second-order valence-electron chi connectivity index (χ2n) is 5.77. The molecule has 0 aromatic heterocycles. The number of carbonyl (C=O) groups excluding carboxylic acids is 1. The molecule has 0 bridgehead atoms. The molecule has 6 heteroatoms. The average Bonchev–Trinajstić information content (AvgIpc) is 2.52. The van der Waals surface area contributed by atoms with Gasteiger partial charge in [-0.3, -0.25) is 14.9 Å². The Kier molecular flexibility index (Phi) is 8.69. The summed E-state index contributed by atoms with van der Waals surface area (Å²) in [5.74, 6) is 0.0105. The van der Waals surface area contributed by atoms with Crippen LogP contribution in [0.25, 0.3) is 0 Å². The van der Waals surface area contributed by atoms with E-state index in [-0.39, 0.29) is 22.9 Å². The smallest absolute Gasteiger partial charge is 0.269 e. The van der Waals surface area contributed by atoms with Crippen molar-refractivity contribution in [1.29, 1.82) is 0 Å². The van der Waals surface area contributed by atoms with Gasteiger partial charge in [-0.25, -0.2) is 0 Å². The molecule has 1 aromatic carbocycles. The highest BCUT2D eigenvalue weighted by atomic mass is 32.2. The number of non-ortho nitro benzene ring substituents is 1. The molecule has 128 valence electrons. The largest absolute Gasteiger partial charge is 0.353 e. The molecule has 0 fully saturated rings. The molecule has 0 aliphatic rings. The average molecular weight is 338 g/mol. The van der Waals surface area contributed by atoms with Crippen molar-refractivity contribution in [3.05, 3.63) is 34.4 Å². The Labute approximate surface area is 142 Å². The number of nitrogens with zero attached hydrogens (tertiary/aromatic N) is 1. The van der Waals surface area contributed by atoms with Crippen LogP contribution in [0.2, 0.25) is 0 Å². The Balaban J connectivity index is 2.39. The molecule has 2 atom stereocenters. The van der Waals surface area contributed by atoms with Crippen molar-refractivity contribution in [1.82, 2.24) is 5.32 Å². The first-order valence-electron chi connectivity index (χ1n) is 8.15. The quantitative estimate of drug-likeness (QED) is 0.294. The van der Waals surface area contributed by atoms with E-state index in [0.29, 0.717) is 0 Å². The van der Waals surface area contributed by atoms with Crippen molar-refractivity contribution in [3.8, 4) is 0 Å². The maximum absolute atomic E-state index is 12.2. The molecule has 0 aliphatic carbocycles. The van der Waals surface area contributed by atoms with Gasteiger partial charge >= 0.3 is 0 Å². The Morgan fingerprint density at radius 3 is 2.43 bits per heavy atom. The number of hydrogen-bond acceptors (Lipinski definition) is 4. The van der Waals surface area contributed by atoms with Gasteiger partial charge in [-0.1, -0.05) is 32.6 Å². The summed E-state index contributed by atoms with van der Waals surface area (Å²) in [4.78, 5) is 23.2. The zero-order valence-corrected chi connectivity index (χ0v) is 14.9. The van der Waals surface area contributed by atoms with Crippen LogP contribution in [-0.4, -0.2) is 22.1 Å². The lowest BCUT2D eigenvalue weighted by Gasteiger charge is -2.17. The molecule has 0 aliphatic heterocycles. The van der Waals surface area contributed by atoms with Gasteiger partial charge in [0.15, 0.2) is 0 Å². The zero-order valence-electron chi connectivity index (χ0n) is 14.1. The molecule has 0 spiro atoms. The summed E-state index contributed by atoms with van der Waals surface area (Å²) in [6.07, 6.45) is 5.81. The number of thioether (sulfide) groups is 1. The van der Waals surface area contributed by atoms with E-state index in [0.717, 1.165) is 17.7 Å². The van der Waals surface area contributed by atoms with E-state index >= 15 is 0 Å². The third kappa shape index (κ3) is 7.50. The van der Waals surface area contributed by atoms with E-state index in [9.17, 15) is 14.9 Å². The summed E-state index contributed by atoms with van der Waals surface area (Å²) in [5, 5.41) is 13.4. The minimum Gasteiger partial charge on any atom is -0.353 e. The molecular formula is C17H26N2O3S. The summed E-state index contributed by atoms with van der Waals surface area (Å²) >= 11 is 1.41. The Morgan fingerprint density at radius 2 is 1.87 bits per heavy atom. The van der Waals surface area contributed by atoms with Crippen LogP contribution >= 0.6 is 11.8 Å². The van der Waals surface area contributed by atoms with Gasteiger partial charge in [-0.15, -0.1) is 11.8 Å².